The Morgan fingerprint density at radius 1 is 1.48 bits per heavy atom. The number of hydrogen-bond acceptors (Lipinski definition) is 5. The molecule has 3 N–H and O–H groups in total. The summed E-state index contributed by atoms with van der Waals surface area (Å²) in [5.74, 6) is -1.07. The molecule has 0 amide bonds. The first-order valence-electron chi connectivity index (χ1n) is 6.44. The third kappa shape index (κ3) is 3.72. The smallest absolute Gasteiger partial charge is 0.335 e. The van der Waals surface area contributed by atoms with Crippen molar-refractivity contribution in [2.75, 3.05) is 13.7 Å². The zero-order valence-corrected chi connectivity index (χ0v) is 12.3. The first-order valence-corrected chi connectivity index (χ1v) is 7.92. The number of carboxylic acid groups (broad SMARTS) is 1. The molecule has 0 bridgehead atoms. The summed E-state index contributed by atoms with van der Waals surface area (Å²) >= 11 is 0. The van der Waals surface area contributed by atoms with Crippen LogP contribution < -0.4 is 9.46 Å². The highest BCUT2D eigenvalue weighted by Gasteiger charge is 2.31. The number of carboxylic acids is 1. The van der Waals surface area contributed by atoms with Crippen molar-refractivity contribution in [1.82, 2.24) is 4.72 Å². The topological polar surface area (TPSA) is 113 Å². The molecule has 8 heteroatoms. The Bertz CT molecular complexity index is 638. The first kappa shape index (κ1) is 15.7. The monoisotopic (exact) mass is 315 g/mol. The Balaban J connectivity index is 2.19. The van der Waals surface area contributed by atoms with Crippen molar-refractivity contribution >= 4 is 16.0 Å². The fraction of sp³-hybridized carbons (Fsp3) is 0.462. The van der Waals surface area contributed by atoms with E-state index in [1.807, 2.05) is 0 Å². The maximum atomic E-state index is 12.2. The summed E-state index contributed by atoms with van der Waals surface area (Å²) in [4.78, 5) is 10.7. The van der Waals surface area contributed by atoms with Crippen LogP contribution in [0.5, 0.6) is 5.75 Å². The van der Waals surface area contributed by atoms with Crippen LogP contribution in [0.15, 0.2) is 23.1 Å². The van der Waals surface area contributed by atoms with Gasteiger partial charge in [0, 0.05) is 6.54 Å². The minimum Gasteiger partial charge on any atom is -0.495 e. The van der Waals surface area contributed by atoms with Crippen LogP contribution in [0.3, 0.4) is 0 Å². The van der Waals surface area contributed by atoms with Crippen LogP contribution in [0.25, 0.3) is 0 Å². The van der Waals surface area contributed by atoms with Crippen molar-refractivity contribution < 1.29 is 28.2 Å². The molecular formula is C13H17NO6S. The van der Waals surface area contributed by atoms with Gasteiger partial charge in [0.1, 0.15) is 10.6 Å². The second kappa shape index (κ2) is 6.00. The largest absolute Gasteiger partial charge is 0.495 e. The summed E-state index contributed by atoms with van der Waals surface area (Å²) in [7, 11) is -2.61. The molecule has 1 fully saturated rings. The summed E-state index contributed by atoms with van der Waals surface area (Å²) in [5, 5.41) is 18.6. The maximum Gasteiger partial charge on any atom is 0.335 e. The molecular weight excluding hydrogens is 298 g/mol. The second-order valence-electron chi connectivity index (χ2n) is 4.93. The van der Waals surface area contributed by atoms with Gasteiger partial charge in [-0.25, -0.2) is 17.9 Å². The van der Waals surface area contributed by atoms with Gasteiger partial charge in [0.25, 0.3) is 0 Å². The van der Waals surface area contributed by atoms with Crippen LogP contribution in [-0.2, 0) is 10.0 Å². The number of aromatic carboxylic acids is 1. The molecule has 0 heterocycles. The quantitative estimate of drug-likeness (QED) is 0.673. The molecule has 21 heavy (non-hydrogen) atoms. The van der Waals surface area contributed by atoms with Crippen molar-refractivity contribution in [3.8, 4) is 5.75 Å². The summed E-state index contributed by atoms with van der Waals surface area (Å²) in [5.41, 5.74) is -0.0659. The molecule has 7 nitrogen and oxygen atoms in total. The predicted molar refractivity (Wildman–Crippen MR) is 73.9 cm³/mol. The Morgan fingerprint density at radius 2 is 2.14 bits per heavy atom. The minimum absolute atomic E-state index is 0.0525. The Morgan fingerprint density at radius 3 is 2.67 bits per heavy atom. The van der Waals surface area contributed by atoms with Crippen molar-refractivity contribution in [3.05, 3.63) is 23.8 Å². The van der Waals surface area contributed by atoms with Crippen molar-refractivity contribution in [3.63, 3.8) is 0 Å². The SMILES string of the molecule is COc1cc(C(=O)O)ccc1S(=O)(=O)NCC(O)C1CC1. The van der Waals surface area contributed by atoms with E-state index in [4.69, 9.17) is 9.84 Å². The van der Waals surface area contributed by atoms with Crippen LogP contribution in [-0.4, -0.2) is 44.4 Å². The van der Waals surface area contributed by atoms with Gasteiger partial charge in [0.15, 0.2) is 0 Å². The van der Waals surface area contributed by atoms with Gasteiger partial charge in [-0.2, -0.15) is 0 Å². The Kier molecular flexibility index (Phi) is 4.50. The van der Waals surface area contributed by atoms with E-state index in [2.05, 4.69) is 4.72 Å². The normalized spacial score (nSPS) is 16.5. The summed E-state index contributed by atoms with van der Waals surface area (Å²) in [6.45, 7) is -0.0726. The molecule has 1 saturated carbocycles. The number of nitrogens with one attached hydrogen (secondary N) is 1. The van der Waals surface area contributed by atoms with Crippen molar-refractivity contribution in [1.29, 1.82) is 0 Å². The number of aliphatic hydroxyl groups is 1. The van der Waals surface area contributed by atoms with E-state index < -0.39 is 22.1 Å². The van der Waals surface area contributed by atoms with Crippen LogP contribution in [0.1, 0.15) is 23.2 Å². The van der Waals surface area contributed by atoms with E-state index in [1.165, 1.54) is 19.2 Å². The lowest BCUT2D eigenvalue weighted by molar-refractivity contribution is 0.0696. The molecule has 0 aromatic heterocycles. The van der Waals surface area contributed by atoms with Crippen LogP contribution >= 0.6 is 0 Å². The second-order valence-corrected chi connectivity index (χ2v) is 6.66. The molecule has 0 saturated heterocycles. The fourth-order valence-electron chi connectivity index (χ4n) is 1.94. The van der Waals surface area contributed by atoms with Gasteiger partial charge in [-0.05, 0) is 37.0 Å². The lowest BCUT2D eigenvalue weighted by Gasteiger charge is -2.13. The van der Waals surface area contributed by atoms with Gasteiger partial charge in [0.05, 0.1) is 18.8 Å². The van der Waals surface area contributed by atoms with Crippen LogP contribution in [0.4, 0.5) is 0 Å². The fourth-order valence-corrected chi connectivity index (χ4v) is 3.14. The molecule has 1 aliphatic rings. The first-order chi connectivity index (χ1) is 9.85. The predicted octanol–water partition coefficient (Wildman–Crippen LogP) is 0.443. The van der Waals surface area contributed by atoms with Gasteiger partial charge in [0.2, 0.25) is 10.0 Å². The summed E-state index contributed by atoms with van der Waals surface area (Å²) < 4.78 is 31.6. The van der Waals surface area contributed by atoms with E-state index in [0.717, 1.165) is 18.9 Å². The average Bonchev–Trinajstić information content (AvgIpc) is 3.28. The maximum absolute atomic E-state index is 12.2. The van der Waals surface area contributed by atoms with Crippen LogP contribution in [0, 0.1) is 5.92 Å². The highest BCUT2D eigenvalue weighted by atomic mass is 32.2. The number of hydrogen-bond donors (Lipinski definition) is 3. The molecule has 0 aliphatic heterocycles. The zero-order chi connectivity index (χ0) is 15.6. The molecule has 116 valence electrons. The molecule has 1 atom stereocenters. The van der Waals surface area contributed by atoms with E-state index in [-0.39, 0.29) is 28.7 Å². The standard InChI is InChI=1S/C13H17NO6S/c1-20-11-6-9(13(16)17)4-5-12(11)21(18,19)14-7-10(15)8-2-3-8/h4-6,8,10,14-15H,2-3,7H2,1H3,(H,16,17). The van der Waals surface area contributed by atoms with Gasteiger partial charge in [-0.3, -0.25) is 0 Å². The molecule has 1 aromatic rings. The van der Waals surface area contributed by atoms with E-state index in [9.17, 15) is 18.3 Å². The molecule has 0 radical (unpaired) electrons. The lowest BCUT2D eigenvalue weighted by Crippen LogP contribution is -2.33. The summed E-state index contributed by atoms with van der Waals surface area (Å²) in [6, 6.07) is 3.51. The molecule has 1 unspecified atom stereocenters. The zero-order valence-electron chi connectivity index (χ0n) is 11.4. The van der Waals surface area contributed by atoms with Gasteiger partial charge in [-0.15, -0.1) is 0 Å². The van der Waals surface area contributed by atoms with Gasteiger partial charge in [-0.1, -0.05) is 0 Å². The van der Waals surface area contributed by atoms with E-state index in [1.54, 1.807) is 0 Å². The van der Waals surface area contributed by atoms with E-state index >= 15 is 0 Å². The molecule has 0 spiro atoms. The number of methoxy groups -OCH3 is 1. The number of aliphatic hydroxyl groups excluding tert-OH is 1. The molecule has 1 aromatic carbocycles. The lowest BCUT2D eigenvalue weighted by atomic mass is 10.2. The van der Waals surface area contributed by atoms with Crippen molar-refractivity contribution in [2.45, 2.75) is 23.8 Å². The average molecular weight is 315 g/mol. The number of benzene rings is 1. The highest BCUT2D eigenvalue weighted by Crippen LogP contribution is 2.32. The van der Waals surface area contributed by atoms with Crippen molar-refractivity contribution in [2.24, 2.45) is 5.92 Å². The van der Waals surface area contributed by atoms with Gasteiger partial charge < -0.3 is 14.9 Å². The third-order valence-corrected chi connectivity index (χ3v) is 4.81. The third-order valence-electron chi connectivity index (χ3n) is 3.35. The van der Waals surface area contributed by atoms with Gasteiger partial charge >= 0.3 is 5.97 Å². The highest BCUT2D eigenvalue weighted by molar-refractivity contribution is 7.89. The molecule has 1 aliphatic carbocycles. The number of ether oxygens (including phenoxy) is 1. The van der Waals surface area contributed by atoms with Crippen LogP contribution in [0.2, 0.25) is 0 Å². The molecule has 2 rings (SSSR count). The van der Waals surface area contributed by atoms with E-state index in [0.29, 0.717) is 0 Å². The minimum atomic E-state index is -3.87. The Hall–Kier alpha value is -1.64. The Labute approximate surface area is 122 Å². The number of rotatable bonds is 7. The number of carbonyl (C=O) groups is 1. The number of sulfonamides is 1. The summed E-state index contributed by atoms with van der Waals surface area (Å²) in [6.07, 6.45) is 1.10.